The summed E-state index contributed by atoms with van der Waals surface area (Å²) >= 11 is 3.48. The van der Waals surface area contributed by atoms with E-state index < -0.39 is 0 Å². The standard InChI is InChI=1S/C15H17BrN4/c16-14-6-12(7-19-9-14)11-20-5-4-18-10-15(20)13-2-1-3-17-8-13/h1-3,6-9,15,18H,4-5,10-11H2. The van der Waals surface area contributed by atoms with Crippen molar-refractivity contribution in [1.82, 2.24) is 20.2 Å². The first-order chi connectivity index (χ1) is 9.83. The zero-order valence-electron chi connectivity index (χ0n) is 11.2. The number of nitrogens with zero attached hydrogens (tertiary/aromatic N) is 3. The first-order valence-electron chi connectivity index (χ1n) is 6.77. The Kier molecular flexibility index (Phi) is 4.40. The van der Waals surface area contributed by atoms with Crippen LogP contribution >= 0.6 is 15.9 Å². The number of rotatable bonds is 3. The number of hydrogen-bond acceptors (Lipinski definition) is 4. The molecule has 4 nitrogen and oxygen atoms in total. The molecular formula is C15H17BrN4. The van der Waals surface area contributed by atoms with Crippen molar-refractivity contribution < 1.29 is 0 Å². The van der Waals surface area contributed by atoms with Crippen LogP contribution in [0.3, 0.4) is 0 Å². The first-order valence-corrected chi connectivity index (χ1v) is 7.56. The normalized spacial score (nSPS) is 19.9. The van der Waals surface area contributed by atoms with Crippen LogP contribution in [-0.2, 0) is 6.54 Å². The van der Waals surface area contributed by atoms with E-state index in [0.29, 0.717) is 6.04 Å². The van der Waals surface area contributed by atoms with E-state index >= 15 is 0 Å². The molecule has 2 aromatic rings. The zero-order chi connectivity index (χ0) is 13.8. The topological polar surface area (TPSA) is 41.1 Å². The van der Waals surface area contributed by atoms with Crippen LogP contribution in [0, 0.1) is 0 Å². The van der Waals surface area contributed by atoms with Crippen molar-refractivity contribution in [1.29, 1.82) is 0 Å². The lowest BCUT2D eigenvalue weighted by Crippen LogP contribution is -2.45. The Morgan fingerprint density at radius 1 is 1.30 bits per heavy atom. The van der Waals surface area contributed by atoms with E-state index in [1.807, 2.05) is 30.9 Å². The van der Waals surface area contributed by atoms with E-state index in [-0.39, 0.29) is 0 Å². The fourth-order valence-electron chi connectivity index (χ4n) is 2.61. The third-order valence-corrected chi connectivity index (χ3v) is 4.00. The molecular weight excluding hydrogens is 316 g/mol. The minimum atomic E-state index is 0.372. The lowest BCUT2D eigenvalue weighted by molar-refractivity contribution is 0.153. The molecule has 1 unspecified atom stereocenters. The highest BCUT2D eigenvalue weighted by atomic mass is 79.9. The van der Waals surface area contributed by atoms with Gasteiger partial charge in [0, 0.05) is 61.5 Å². The van der Waals surface area contributed by atoms with Crippen LogP contribution in [0.25, 0.3) is 0 Å². The Labute approximate surface area is 127 Å². The molecule has 20 heavy (non-hydrogen) atoms. The smallest absolute Gasteiger partial charge is 0.0492 e. The van der Waals surface area contributed by atoms with Gasteiger partial charge in [-0.25, -0.2) is 0 Å². The predicted molar refractivity (Wildman–Crippen MR) is 82.2 cm³/mol. The summed E-state index contributed by atoms with van der Waals surface area (Å²) in [6, 6.07) is 6.66. The molecule has 5 heteroatoms. The second-order valence-electron chi connectivity index (χ2n) is 4.99. The molecule has 0 bridgehead atoms. The maximum Gasteiger partial charge on any atom is 0.0492 e. The number of halogens is 1. The molecule has 3 rings (SSSR count). The Morgan fingerprint density at radius 2 is 2.25 bits per heavy atom. The van der Waals surface area contributed by atoms with E-state index in [1.165, 1.54) is 11.1 Å². The largest absolute Gasteiger partial charge is 0.314 e. The fraction of sp³-hybridized carbons (Fsp3) is 0.333. The average Bonchev–Trinajstić information content (AvgIpc) is 2.49. The Balaban J connectivity index is 1.79. The lowest BCUT2D eigenvalue weighted by Gasteiger charge is -2.36. The molecule has 0 amide bonds. The molecule has 3 heterocycles. The molecule has 0 aromatic carbocycles. The van der Waals surface area contributed by atoms with Gasteiger partial charge in [-0.2, -0.15) is 0 Å². The third kappa shape index (κ3) is 3.23. The molecule has 0 aliphatic carbocycles. The molecule has 1 N–H and O–H groups in total. The van der Waals surface area contributed by atoms with Crippen LogP contribution in [0.15, 0.2) is 47.5 Å². The van der Waals surface area contributed by atoms with Crippen LogP contribution in [0.1, 0.15) is 17.2 Å². The van der Waals surface area contributed by atoms with Gasteiger partial charge in [0.05, 0.1) is 0 Å². The van der Waals surface area contributed by atoms with Gasteiger partial charge in [-0.05, 0) is 39.2 Å². The van der Waals surface area contributed by atoms with E-state index in [2.05, 4.69) is 48.2 Å². The van der Waals surface area contributed by atoms with Crippen molar-refractivity contribution in [3.8, 4) is 0 Å². The van der Waals surface area contributed by atoms with Crippen molar-refractivity contribution in [3.05, 3.63) is 58.6 Å². The van der Waals surface area contributed by atoms with Gasteiger partial charge >= 0.3 is 0 Å². The Morgan fingerprint density at radius 3 is 3.05 bits per heavy atom. The average molecular weight is 333 g/mol. The van der Waals surface area contributed by atoms with Crippen LogP contribution < -0.4 is 5.32 Å². The quantitative estimate of drug-likeness (QED) is 0.936. The number of piperazine rings is 1. The number of nitrogens with one attached hydrogen (secondary N) is 1. The van der Waals surface area contributed by atoms with Crippen LogP contribution in [0.2, 0.25) is 0 Å². The summed E-state index contributed by atoms with van der Waals surface area (Å²) in [6.45, 7) is 3.94. The van der Waals surface area contributed by atoms with Crippen molar-refractivity contribution >= 4 is 15.9 Å². The molecule has 0 radical (unpaired) electrons. The highest BCUT2D eigenvalue weighted by Gasteiger charge is 2.23. The van der Waals surface area contributed by atoms with Crippen molar-refractivity contribution in [2.75, 3.05) is 19.6 Å². The van der Waals surface area contributed by atoms with Gasteiger partial charge in [0.15, 0.2) is 0 Å². The molecule has 1 aliphatic rings. The first kappa shape index (κ1) is 13.7. The molecule has 2 aromatic heterocycles. The summed E-state index contributed by atoms with van der Waals surface area (Å²) in [6.07, 6.45) is 7.54. The Bertz CT molecular complexity index is 561. The third-order valence-electron chi connectivity index (χ3n) is 3.57. The minimum Gasteiger partial charge on any atom is -0.314 e. The summed E-state index contributed by atoms with van der Waals surface area (Å²) < 4.78 is 1.03. The van der Waals surface area contributed by atoms with Gasteiger partial charge in [-0.3, -0.25) is 14.9 Å². The summed E-state index contributed by atoms with van der Waals surface area (Å²) in [5.74, 6) is 0. The predicted octanol–water partition coefficient (Wildman–Crippen LogP) is 2.39. The van der Waals surface area contributed by atoms with Crippen molar-refractivity contribution in [2.24, 2.45) is 0 Å². The Hall–Kier alpha value is -1.30. The summed E-state index contributed by atoms with van der Waals surface area (Å²) in [7, 11) is 0. The van der Waals surface area contributed by atoms with Gasteiger partial charge in [0.2, 0.25) is 0 Å². The summed E-state index contributed by atoms with van der Waals surface area (Å²) in [4.78, 5) is 11.0. The zero-order valence-corrected chi connectivity index (χ0v) is 12.8. The van der Waals surface area contributed by atoms with Crippen LogP contribution in [-0.4, -0.2) is 34.5 Å². The molecule has 0 saturated carbocycles. The van der Waals surface area contributed by atoms with Crippen LogP contribution in [0.4, 0.5) is 0 Å². The summed E-state index contributed by atoms with van der Waals surface area (Å²) in [5, 5.41) is 3.47. The van der Waals surface area contributed by atoms with Gasteiger partial charge in [-0.15, -0.1) is 0 Å². The minimum absolute atomic E-state index is 0.372. The maximum atomic E-state index is 4.25. The monoisotopic (exact) mass is 332 g/mol. The SMILES string of the molecule is Brc1cncc(CN2CCNCC2c2cccnc2)c1. The van der Waals surface area contributed by atoms with Gasteiger partial charge in [0.1, 0.15) is 0 Å². The highest BCUT2D eigenvalue weighted by Crippen LogP contribution is 2.23. The van der Waals surface area contributed by atoms with Gasteiger partial charge in [0.25, 0.3) is 0 Å². The molecule has 1 saturated heterocycles. The summed E-state index contributed by atoms with van der Waals surface area (Å²) in [5.41, 5.74) is 2.50. The molecule has 1 atom stereocenters. The number of hydrogen-bond donors (Lipinski definition) is 1. The number of aromatic nitrogens is 2. The molecule has 1 fully saturated rings. The van der Waals surface area contributed by atoms with Gasteiger partial charge < -0.3 is 5.32 Å². The molecule has 104 valence electrons. The van der Waals surface area contributed by atoms with E-state index in [4.69, 9.17) is 0 Å². The second-order valence-corrected chi connectivity index (χ2v) is 5.90. The number of pyridine rings is 2. The highest BCUT2D eigenvalue weighted by molar-refractivity contribution is 9.10. The van der Waals surface area contributed by atoms with Gasteiger partial charge in [-0.1, -0.05) is 6.07 Å². The molecule has 1 aliphatic heterocycles. The van der Waals surface area contributed by atoms with E-state index in [9.17, 15) is 0 Å². The van der Waals surface area contributed by atoms with Crippen molar-refractivity contribution in [3.63, 3.8) is 0 Å². The van der Waals surface area contributed by atoms with Crippen LogP contribution in [0.5, 0.6) is 0 Å². The van der Waals surface area contributed by atoms with Crippen molar-refractivity contribution in [2.45, 2.75) is 12.6 Å². The maximum absolute atomic E-state index is 4.25. The van der Waals surface area contributed by atoms with E-state index in [1.54, 1.807) is 0 Å². The lowest BCUT2D eigenvalue weighted by atomic mass is 10.0. The second kappa shape index (κ2) is 6.43. The fourth-order valence-corrected chi connectivity index (χ4v) is 3.03. The van der Waals surface area contributed by atoms with E-state index in [0.717, 1.165) is 30.7 Å². The molecule has 0 spiro atoms.